The molecule has 1 rings (SSSR count). The SMILES string of the molecule is CCOC(=O)CC(C)(c1c(F)cccc1F)N(CC)CC. The maximum atomic E-state index is 14.2. The smallest absolute Gasteiger partial charge is 0.308 e. The second-order valence-electron chi connectivity index (χ2n) is 5.02. The minimum atomic E-state index is -1.08. The number of hydrogen-bond donors (Lipinski definition) is 0. The Hall–Kier alpha value is -1.49. The minimum Gasteiger partial charge on any atom is -0.466 e. The lowest BCUT2D eigenvalue weighted by atomic mass is 9.85. The van der Waals surface area contributed by atoms with Crippen LogP contribution in [0, 0.1) is 11.6 Å². The zero-order valence-corrected chi connectivity index (χ0v) is 13.1. The largest absolute Gasteiger partial charge is 0.466 e. The summed E-state index contributed by atoms with van der Waals surface area (Å²) in [4.78, 5) is 13.8. The zero-order chi connectivity index (χ0) is 16.0. The Morgan fingerprint density at radius 2 is 1.71 bits per heavy atom. The van der Waals surface area contributed by atoms with Gasteiger partial charge < -0.3 is 4.74 Å². The van der Waals surface area contributed by atoms with Crippen LogP contribution in [0.3, 0.4) is 0 Å². The Bertz CT molecular complexity index is 469. The zero-order valence-electron chi connectivity index (χ0n) is 13.1. The molecular weight excluding hydrogens is 276 g/mol. The van der Waals surface area contributed by atoms with E-state index in [1.807, 2.05) is 18.7 Å². The molecule has 1 aromatic rings. The van der Waals surface area contributed by atoms with Gasteiger partial charge in [-0.05, 0) is 39.1 Å². The van der Waals surface area contributed by atoms with Crippen molar-refractivity contribution >= 4 is 5.97 Å². The number of rotatable bonds is 7. The van der Waals surface area contributed by atoms with Crippen molar-refractivity contribution in [2.45, 2.75) is 39.7 Å². The molecule has 0 saturated heterocycles. The van der Waals surface area contributed by atoms with Gasteiger partial charge in [0.05, 0.1) is 18.6 Å². The third-order valence-electron chi connectivity index (χ3n) is 3.76. The van der Waals surface area contributed by atoms with Crippen molar-refractivity contribution in [3.63, 3.8) is 0 Å². The van der Waals surface area contributed by atoms with Crippen molar-refractivity contribution in [1.82, 2.24) is 4.90 Å². The number of carbonyl (C=O) groups is 1. The van der Waals surface area contributed by atoms with Crippen LogP contribution >= 0.6 is 0 Å². The molecule has 3 nitrogen and oxygen atoms in total. The van der Waals surface area contributed by atoms with E-state index in [4.69, 9.17) is 4.74 Å². The van der Waals surface area contributed by atoms with Gasteiger partial charge in [0.2, 0.25) is 0 Å². The Balaban J connectivity index is 3.33. The number of esters is 1. The van der Waals surface area contributed by atoms with Gasteiger partial charge >= 0.3 is 5.97 Å². The van der Waals surface area contributed by atoms with Crippen LogP contribution in [0.4, 0.5) is 8.78 Å². The normalized spacial score (nSPS) is 14.0. The quantitative estimate of drug-likeness (QED) is 0.722. The highest BCUT2D eigenvalue weighted by Gasteiger charge is 2.39. The van der Waals surface area contributed by atoms with Crippen molar-refractivity contribution in [3.8, 4) is 0 Å². The van der Waals surface area contributed by atoms with Crippen LogP contribution in [-0.2, 0) is 15.1 Å². The lowest BCUT2D eigenvalue weighted by Gasteiger charge is -2.40. The molecular formula is C16H23F2NO2. The van der Waals surface area contributed by atoms with Gasteiger partial charge in [-0.3, -0.25) is 9.69 Å². The molecule has 0 aliphatic carbocycles. The van der Waals surface area contributed by atoms with Crippen LogP contribution in [0.2, 0.25) is 0 Å². The molecule has 0 saturated carbocycles. The summed E-state index contributed by atoms with van der Waals surface area (Å²) in [7, 11) is 0. The Kier molecular flexibility index (Phi) is 6.27. The van der Waals surface area contributed by atoms with Crippen LogP contribution in [0.1, 0.15) is 39.7 Å². The van der Waals surface area contributed by atoms with Crippen LogP contribution in [0.5, 0.6) is 0 Å². The minimum absolute atomic E-state index is 0.0817. The number of hydrogen-bond acceptors (Lipinski definition) is 3. The number of benzene rings is 1. The second kappa shape index (κ2) is 7.50. The molecule has 1 aromatic carbocycles. The molecule has 21 heavy (non-hydrogen) atoms. The molecule has 0 amide bonds. The summed E-state index contributed by atoms with van der Waals surface area (Å²) in [5, 5.41) is 0. The third kappa shape index (κ3) is 3.79. The summed E-state index contributed by atoms with van der Waals surface area (Å²) in [5.74, 6) is -1.75. The summed E-state index contributed by atoms with van der Waals surface area (Å²) < 4.78 is 33.4. The van der Waals surface area contributed by atoms with Gasteiger partial charge in [-0.1, -0.05) is 19.9 Å². The van der Waals surface area contributed by atoms with Crippen LogP contribution in [0.15, 0.2) is 18.2 Å². The van der Waals surface area contributed by atoms with E-state index in [1.165, 1.54) is 18.2 Å². The van der Waals surface area contributed by atoms with Gasteiger partial charge in [0.15, 0.2) is 0 Å². The Labute approximate surface area is 124 Å². The van der Waals surface area contributed by atoms with E-state index in [0.29, 0.717) is 13.1 Å². The summed E-state index contributed by atoms with van der Waals surface area (Å²) >= 11 is 0. The molecule has 0 N–H and O–H groups in total. The van der Waals surface area contributed by atoms with E-state index in [1.54, 1.807) is 13.8 Å². The fraction of sp³-hybridized carbons (Fsp3) is 0.562. The van der Waals surface area contributed by atoms with Crippen molar-refractivity contribution in [2.75, 3.05) is 19.7 Å². The first-order valence-corrected chi connectivity index (χ1v) is 7.25. The lowest BCUT2D eigenvalue weighted by Crippen LogP contribution is -2.46. The van der Waals surface area contributed by atoms with E-state index in [0.717, 1.165) is 0 Å². The van der Waals surface area contributed by atoms with E-state index in [2.05, 4.69) is 0 Å². The average Bonchev–Trinajstić information content (AvgIpc) is 2.39. The summed E-state index contributed by atoms with van der Waals surface area (Å²) in [5.41, 5.74) is -1.16. The van der Waals surface area contributed by atoms with E-state index in [-0.39, 0.29) is 18.6 Å². The molecule has 5 heteroatoms. The maximum absolute atomic E-state index is 14.2. The fourth-order valence-corrected chi connectivity index (χ4v) is 2.79. The molecule has 0 aromatic heterocycles. The molecule has 0 aliphatic heterocycles. The Morgan fingerprint density at radius 3 is 2.14 bits per heavy atom. The van der Waals surface area contributed by atoms with Gasteiger partial charge in [0.1, 0.15) is 11.6 Å². The fourth-order valence-electron chi connectivity index (χ4n) is 2.79. The molecule has 0 heterocycles. The number of carbonyl (C=O) groups excluding carboxylic acids is 1. The number of halogens is 2. The predicted octanol–water partition coefficient (Wildman–Crippen LogP) is 3.48. The third-order valence-corrected chi connectivity index (χ3v) is 3.76. The van der Waals surface area contributed by atoms with Gasteiger partial charge in [-0.2, -0.15) is 0 Å². The van der Waals surface area contributed by atoms with E-state index in [9.17, 15) is 13.6 Å². The topological polar surface area (TPSA) is 29.5 Å². The number of nitrogens with zero attached hydrogens (tertiary/aromatic N) is 1. The van der Waals surface area contributed by atoms with Crippen LogP contribution in [-0.4, -0.2) is 30.6 Å². The molecule has 1 unspecified atom stereocenters. The lowest BCUT2D eigenvalue weighted by molar-refractivity contribution is -0.146. The van der Waals surface area contributed by atoms with Gasteiger partial charge in [0.25, 0.3) is 0 Å². The maximum Gasteiger partial charge on any atom is 0.308 e. The van der Waals surface area contributed by atoms with Crippen molar-refractivity contribution in [1.29, 1.82) is 0 Å². The number of ether oxygens (including phenoxy) is 1. The molecule has 0 bridgehead atoms. The highest BCUT2D eigenvalue weighted by Crippen LogP contribution is 2.35. The van der Waals surface area contributed by atoms with E-state index >= 15 is 0 Å². The molecule has 0 aliphatic rings. The summed E-state index contributed by atoms with van der Waals surface area (Å²) in [6.45, 7) is 8.55. The first-order valence-electron chi connectivity index (χ1n) is 7.25. The molecule has 0 spiro atoms. The first kappa shape index (κ1) is 17.6. The monoisotopic (exact) mass is 299 g/mol. The van der Waals surface area contributed by atoms with Gasteiger partial charge in [0, 0.05) is 5.56 Å². The predicted molar refractivity (Wildman–Crippen MR) is 77.9 cm³/mol. The average molecular weight is 299 g/mol. The summed E-state index contributed by atoms with van der Waals surface area (Å²) in [6.07, 6.45) is -0.0969. The second-order valence-corrected chi connectivity index (χ2v) is 5.02. The van der Waals surface area contributed by atoms with Crippen molar-refractivity contribution in [3.05, 3.63) is 35.4 Å². The van der Waals surface area contributed by atoms with Gasteiger partial charge in [-0.25, -0.2) is 8.78 Å². The van der Waals surface area contributed by atoms with Crippen molar-refractivity contribution < 1.29 is 18.3 Å². The van der Waals surface area contributed by atoms with Crippen LogP contribution < -0.4 is 0 Å². The highest BCUT2D eigenvalue weighted by molar-refractivity contribution is 5.71. The molecule has 118 valence electrons. The standard InChI is InChI=1S/C16H23F2NO2/c1-5-19(6-2)16(4,11-14(20)21-7-3)15-12(17)9-8-10-13(15)18/h8-10H,5-7,11H2,1-4H3. The molecule has 1 atom stereocenters. The van der Waals surface area contributed by atoms with Gasteiger partial charge in [-0.15, -0.1) is 0 Å². The summed E-state index contributed by atoms with van der Waals surface area (Å²) in [6, 6.07) is 3.75. The van der Waals surface area contributed by atoms with E-state index < -0.39 is 23.1 Å². The van der Waals surface area contributed by atoms with Crippen LogP contribution in [0.25, 0.3) is 0 Å². The Morgan fingerprint density at radius 1 is 1.19 bits per heavy atom. The van der Waals surface area contributed by atoms with Crippen molar-refractivity contribution in [2.24, 2.45) is 0 Å². The highest BCUT2D eigenvalue weighted by atomic mass is 19.1. The molecule has 0 radical (unpaired) electrons. The molecule has 0 fully saturated rings. The first-order chi connectivity index (χ1) is 9.90.